The molecule has 0 saturated heterocycles. The molecule has 1 aliphatic carbocycles. The number of rotatable bonds is 4. The number of nitrogens with one attached hydrogen (secondary N) is 2. The summed E-state index contributed by atoms with van der Waals surface area (Å²) in [7, 11) is 1.69. The Morgan fingerprint density at radius 3 is 2.90 bits per heavy atom. The summed E-state index contributed by atoms with van der Waals surface area (Å²) in [6.07, 6.45) is 3.48. The van der Waals surface area contributed by atoms with Crippen molar-refractivity contribution in [3.8, 4) is 0 Å². The Morgan fingerprint density at radius 2 is 2.25 bits per heavy atom. The molecule has 3 rings (SSSR count). The molecule has 1 fully saturated rings. The summed E-state index contributed by atoms with van der Waals surface area (Å²) < 4.78 is 5.48. The summed E-state index contributed by atoms with van der Waals surface area (Å²) >= 11 is 0. The normalized spacial score (nSPS) is 18.9. The third-order valence-electron chi connectivity index (χ3n) is 4.26. The minimum Gasteiger partial charge on any atom is -0.376 e. The van der Waals surface area contributed by atoms with Gasteiger partial charge in [0.2, 0.25) is 5.91 Å². The van der Waals surface area contributed by atoms with E-state index < -0.39 is 0 Å². The topological polar surface area (TPSA) is 67.4 Å². The van der Waals surface area contributed by atoms with E-state index in [1.54, 1.807) is 25.3 Å². The van der Waals surface area contributed by atoms with Crippen LogP contribution in [0.1, 0.15) is 35.2 Å². The maximum absolute atomic E-state index is 12.2. The zero-order valence-electron chi connectivity index (χ0n) is 11.5. The van der Waals surface area contributed by atoms with Gasteiger partial charge in [0, 0.05) is 24.9 Å². The van der Waals surface area contributed by atoms with Crippen molar-refractivity contribution in [2.24, 2.45) is 0 Å². The lowest BCUT2D eigenvalue weighted by Gasteiger charge is -2.40. The second-order valence-electron chi connectivity index (χ2n) is 5.52. The number of benzene rings is 1. The molecule has 5 nitrogen and oxygen atoms in total. The highest BCUT2D eigenvalue weighted by molar-refractivity contribution is 6.01. The summed E-state index contributed by atoms with van der Waals surface area (Å²) in [5.41, 5.74) is 2.10. The molecule has 20 heavy (non-hydrogen) atoms. The van der Waals surface area contributed by atoms with Gasteiger partial charge >= 0.3 is 0 Å². The number of carbonyl (C=O) groups is 2. The zero-order chi connectivity index (χ0) is 14.2. The first kappa shape index (κ1) is 13.1. The highest BCUT2D eigenvalue weighted by Gasteiger charge is 2.37. The predicted octanol–water partition coefficient (Wildman–Crippen LogP) is 1.48. The van der Waals surface area contributed by atoms with Gasteiger partial charge in [0.25, 0.3) is 5.91 Å². The highest BCUT2D eigenvalue weighted by Crippen LogP contribution is 2.34. The van der Waals surface area contributed by atoms with Crippen LogP contribution in [0.3, 0.4) is 0 Å². The molecule has 2 amide bonds. The molecule has 0 unspecified atom stereocenters. The smallest absolute Gasteiger partial charge is 0.251 e. The third-order valence-corrected chi connectivity index (χ3v) is 4.26. The summed E-state index contributed by atoms with van der Waals surface area (Å²) in [6, 6.07) is 5.30. The largest absolute Gasteiger partial charge is 0.376 e. The van der Waals surface area contributed by atoms with Crippen LogP contribution in [0.15, 0.2) is 18.2 Å². The number of anilines is 1. The maximum atomic E-state index is 12.2. The van der Waals surface area contributed by atoms with Crippen molar-refractivity contribution < 1.29 is 14.3 Å². The summed E-state index contributed by atoms with van der Waals surface area (Å²) in [4.78, 5) is 23.5. The van der Waals surface area contributed by atoms with E-state index >= 15 is 0 Å². The summed E-state index contributed by atoms with van der Waals surface area (Å²) in [6.45, 7) is 0.538. The van der Waals surface area contributed by atoms with E-state index in [4.69, 9.17) is 4.74 Å². The number of methoxy groups -OCH3 is 1. The maximum Gasteiger partial charge on any atom is 0.251 e. The lowest BCUT2D eigenvalue weighted by molar-refractivity contribution is -0.115. The van der Waals surface area contributed by atoms with Crippen molar-refractivity contribution in [3.63, 3.8) is 0 Å². The Kier molecular flexibility index (Phi) is 3.22. The molecule has 5 heteroatoms. The minimum atomic E-state index is -0.177. The molecule has 106 valence electrons. The van der Waals surface area contributed by atoms with Crippen molar-refractivity contribution >= 4 is 17.5 Å². The standard InChI is InChI=1S/C15H18N2O3/c1-20-15(5-2-6-15)9-16-14(19)10-3-4-12-11(7-10)8-13(18)17-12/h3-4,7H,2,5-6,8-9H2,1H3,(H,16,19)(H,17,18). The van der Waals surface area contributed by atoms with Gasteiger partial charge in [0.05, 0.1) is 12.0 Å². The first-order valence-electron chi connectivity index (χ1n) is 6.88. The molecule has 0 aromatic heterocycles. The zero-order valence-corrected chi connectivity index (χ0v) is 11.5. The molecule has 1 saturated carbocycles. The lowest BCUT2D eigenvalue weighted by atomic mass is 9.80. The van der Waals surface area contributed by atoms with E-state index in [1.165, 1.54) is 0 Å². The Balaban J connectivity index is 1.66. The molecule has 1 aromatic rings. The van der Waals surface area contributed by atoms with Crippen LogP contribution in [0.4, 0.5) is 5.69 Å². The van der Waals surface area contributed by atoms with Crippen LogP contribution < -0.4 is 10.6 Å². The lowest BCUT2D eigenvalue weighted by Crippen LogP contribution is -2.49. The van der Waals surface area contributed by atoms with E-state index in [2.05, 4.69) is 10.6 Å². The van der Waals surface area contributed by atoms with Crippen molar-refractivity contribution in [3.05, 3.63) is 29.3 Å². The fourth-order valence-electron chi connectivity index (χ4n) is 2.74. The number of fused-ring (bicyclic) bond motifs is 1. The van der Waals surface area contributed by atoms with E-state index in [-0.39, 0.29) is 17.4 Å². The molecule has 2 aliphatic rings. The van der Waals surface area contributed by atoms with Crippen molar-refractivity contribution in [2.45, 2.75) is 31.3 Å². The summed E-state index contributed by atoms with van der Waals surface area (Å²) in [5, 5.41) is 5.68. The molecule has 0 bridgehead atoms. The van der Waals surface area contributed by atoms with Crippen LogP contribution in [-0.4, -0.2) is 31.1 Å². The first-order chi connectivity index (χ1) is 9.62. The van der Waals surface area contributed by atoms with Crippen LogP contribution in [-0.2, 0) is 16.0 Å². The van der Waals surface area contributed by atoms with E-state index in [0.29, 0.717) is 18.5 Å². The van der Waals surface area contributed by atoms with Gasteiger partial charge in [-0.05, 0) is 43.0 Å². The van der Waals surface area contributed by atoms with Crippen molar-refractivity contribution in [1.82, 2.24) is 5.32 Å². The molecule has 2 N–H and O–H groups in total. The van der Waals surface area contributed by atoms with Crippen molar-refractivity contribution in [1.29, 1.82) is 0 Å². The quantitative estimate of drug-likeness (QED) is 0.874. The second kappa shape index (κ2) is 4.90. The second-order valence-corrected chi connectivity index (χ2v) is 5.52. The summed E-state index contributed by atoms with van der Waals surface area (Å²) in [5.74, 6) is -0.138. The molecular formula is C15H18N2O3. The average Bonchev–Trinajstić information content (AvgIpc) is 2.76. The SMILES string of the molecule is COC1(CNC(=O)c2ccc3c(c2)CC(=O)N3)CCC1. The van der Waals surface area contributed by atoms with Gasteiger partial charge in [0.15, 0.2) is 0 Å². The van der Waals surface area contributed by atoms with E-state index in [9.17, 15) is 9.59 Å². The number of ether oxygens (including phenoxy) is 1. The predicted molar refractivity (Wildman–Crippen MR) is 74.7 cm³/mol. The minimum absolute atomic E-state index is 0.0228. The number of carbonyl (C=O) groups excluding carboxylic acids is 2. The van der Waals surface area contributed by atoms with Gasteiger partial charge in [-0.2, -0.15) is 0 Å². The van der Waals surface area contributed by atoms with Crippen LogP contribution in [0.25, 0.3) is 0 Å². The van der Waals surface area contributed by atoms with E-state index in [1.807, 2.05) is 0 Å². The molecule has 0 spiro atoms. The Labute approximate surface area is 117 Å². The number of hydrogen-bond donors (Lipinski definition) is 2. The fraction of sp³-hybridized carbons (Fsp3) is 0.467. The van der Waals surface area contributed by atoms with E-state index in [0.717, 1.165) is 30.5 Å². The fourth-order valence-corrected chi connectivity index (χ4v) is 2.74. The Morgan fingerprint density at radius 1 is 1.45 bits per heavy atom. The van der Waals surface area contributed by atoms with Gasteiger partial charge < -0.3 is 15.4 Å². The molecule has 1 heterocycles. The highest BCUT2D eigenvalue weighted by atomic mass is 16.5. The van der Waals surface area contributed by atoms with Gasteiger partial charge in [-0.3, -0.25) is 9.59 Å². The van der Waals surface area contributed by atoms with Crippen molar-refractivity contribution in [2.75, 3.05) is 19.0 Å². The molecule has 1 aromatic carbocycles. The monoisotopic (exact) mass is 274 g/mol. The molecule has 0 radical (unpaired) electrons. The molecular weight excluding hydrogens is 256 g/mol. The molecule has 0 atom stereocenters. The average molecular weight is 274 g/mol. The van der Waals surface area contributed by atoms with Crippen LogP contribution >= 0.6 is 0 Å². The third kappa shape index (κ3) is 2.29. The first-order valence-corrected chi connectivity index (χ1v) is 6.88. The Bertz CT molecular complexity index is 559. The van der Waals surface area contributed by atoms with Gasteiger partial charge in [0.1, 0.15) is 0 Å². The number of hydrogen-bond acceptors (Lipinski definition) is 3. The van der Waals surface area contributed by atoms with Crippen LogP contribution in [0.5, 0.6) is 0 Å². The van der Waals surface area contributed by atoms with Gasteiger partial charge in [-0.1, -0.05) is 0 Å². The Hall–Kier alpha value is -1.88. The molecule has 1 aliphatic heterocycles. The number of amides is 2. The van der Waals surface area contributed by atoms with Crippen LogP contribution in [0.2, 0.25) is 0 Å². The van der Waals surface area contributed by atoms with Gasteiger partial charge in [-0.15, -0.1) is 0 Å². The van der Waals surface area contributed by atoms with Crippen LogP contribution in [0, 0.1) is 0 Å². The van der Waals surface area contributed by atoms with Gasteiger partial charge in [-0.25, -0.2) is 0 Å².